The number of carbonyl (C=O) groups excluding carboxylic acids is 2. The average molecular weight is 348 g/mol. The minimum atomic E-state index is -1.20. The van der Waals surface area contributed by atoms with E-state index in [0.29, 0.717) is 32.1 Å². The van der Waals surface area contributed by atoms with E-state index in [-0.39, 0.29) is 29.7 Å². The van der Waals surface area contributed by atoms with Crippen molar-refractivity contribution in [2.24, 2.45) is 34.5 Å². The summed E-state index contributed by atoms with van der Waals surface area (Å²) in [6.45, 7) is 3.84. The monoisotopic (exact) mass is 348 g/mol. The molecule has 4 fully saturated rings. The van der Waals surface area contributed by atoms with Crippen molar-refractivity contribution in [1.82, 2.24) is 0 Å². The first-order valence-corrected chi connectivity index (χ1v) is 9.41. The Bertz CT molecular complexity index is 718. The number of rotatable bonds is 1. The van der Waals surface area contributed by atoms with Gasteiger partial charge in [-0.05, 0) is 43.9 Å². The molecule has 136 valence electrons. The van der Waals surface area contributed by atoms with Crippen molar-refractivity contribution in [3.8, 4) is 0 Å². The van der Waals surface area contributed by atoms with Crippen molar-refractivity contribution in [2.45, 2.75) is 57.2 Å². The first kappa shape index (κ1) is 15.8. The summed E-state index contributed by atoms with van der Waals surface area (Å²) in [6, 6.07) is 0. The van der Waals surface area contributed by atoms with E-state index in [1.807, 2.05) is 26.0 Å². The van der Waals surface area contributed by atoms with Gasteiger partial charge in [0, 0.05) is 18.3 Å². The lowest BCUT2D eigenvalue weighted by Crippen LogP contribution is -2.46. The first-order valence-electron chi connectivity index (χ1n) is 9.41. The summed E-state index contributed by atoms with van der Waals surface area (Å²) in [5, 5.41) is 0. The van der Waals surface area contributed by atoms with Gasteiger partial charge in [0.25, 0.3) is 0 Å². The molecule has 25 heavy (non-hydrogen) atoms. The summed E-state index contributed by atoms with van der Waals surface area (Å²) in [5.74, 6) is -1.28. The molecule has 4 aliphatic carbocycles. The fourth-order valence-corrected chi connectivity index (χ4v) is 7.70. The van der Waals surface area contributed by atoms with Gasteiger partial charge in [0.1, 0.15) is 11.3 Å². The van der Waals surface area contributed by atoms with E-state index in [9.17, 15) is 9.59 Å². The molecule has 4 nitrogen and oxygen atoms in total. The molecule has 0 aromatic carbocycles. The van der Waals surface area contributed by atoms with E-state index >= 15 is 4.39 Å². The van der Waals surface area contributed by atoms with Gasteiger partial charge in [0.15, 0.2) is 0 Å². The Morgan fingerprint density at radius 2 is 2.20 bits per heavy atom. The first-order chi connectivity index (χ1) is 11.7. The number of carbonyl (C=O) groups is 2. The van der Waals surface area contributed by atoms with Gasteiger partial charge in [-0.25, -0.2) is 4.39 Å². The number of fused-ring (bicyclic) bond motifs is 1. The van der Waals surface area contributed by atoms with Gasteiger partial charge in [-0.1, -0.05) is 19.1 Å². The van der Waals surface area contributed by atoms with E-state index in [2.05, 4.69) is 0 Å². The molecule has 0 amide bonds. The molecule has 1 saturated heterocycles. The van der Waals surface area contributed by atoms with Gasteiger partial charge in [0.05, 0.1) is 18.4 Å². The van der Waals surface area contributed by atoms with Gasteiger partial charge in [0.2, 0.25) is 0 Å². The Labute approximate surface area is 147 Å². The molecule has 0 aromatic heterocycles. The molecule has 8 atom stereocenters. The fourth-order valence-electron chi connectivity index (χ4n) is 7.70. The Hall–Kier alpha value is -1.39. The van der Waals surface area contributed by atoms with Crippen LogP contribution in [0.25, 0.3) is 0 Å². The lowest BCUT2D eigenvalue weighted by atomic mass is 9.62. The molecule has 5 heteroatoms. The van der Waals surface area contributed by atoms with Crippen LogP contribution in [0.2, 0.25) is 0 Å². The second-order valence-corrected chi connectivity index (χ2v) is 9.35. The highest BCUT2D eigenvalue weighted by Crippen LogP contribution is 2.78. The maximum absolute atomic E-state index is 15.5. The largest absolute Gasteiger partial charge is 0.469 e. The van der Waals surface area contributed by atoms with Crippen LogP contribution in [0.15, 0.2) is 12.2 Å². The van der Waals surface area contributed by atoms with Gasteiger partial charge < -0.3 is 9.47 Å². The number of esters is 2. The molecule has 0 radical (unpaired) electrons. The zero-order valence-electron chi connectivity index (χ0n) is 15.0. The number of halogens is 1. The lowest BCUT2D eigenvalue weighted by Gasteiger charge is -2.44. The SMILES string of the molecule is COC(=O)[C@H]1C2[C@@]3(CC=C[C@@]2(C)C(=O)O3)C2CC[C@]3(F)C[C@@]21C[C@@H]3C. The summed E-state index contributed by atoms with van der Waals surface area (Å²) in [7, 11) is 1.40. The third kappa shape index (κ3) is 1.48. The number of alkyl halides is 1. The fraction of sp³-hybridized carbons (Fsp3) is 0.800. The van der Waals surface area contributed by atoms with Gasteiger partial charge >= 0.3 is 11.9 Å². The van der Waals surface area contributed by atoms with Crippen LogP contribution in [0.4, 0.5) is 4.39 Å². The number of ether oxygens (including phenoxy) is 2. The summed E-state index contributed by atoms with van der Waals surface area (Å²) in [4.78, 5) is 25.7. The quantitative estimate of drug-likeness (QED) is 0.539. The Morgan fingerprint density at radius 1 is 1.44 bits per heavy atom. The molecule has 1 heterocycles. The molecule has 5 rings (SSSR count). The van der Waals surface area contributed by atoms with E-state index in [1.165, 1.54) is 7.11 Å². The number of methoxy groups -OCH3 is 1. The maximum Gasteiger partial charge on any atom is 0.316 e. The van der Waals surface area contributed by atoms with Crippen LogP contribution in [0.5, 0.6) is 0 Å². The molecular formula is C20H25FO4. The molecule has 3 saturated carbocycles. The van der Waals surface area contributed by atoms with Crippen molar-refractivity contribution in [2.75, 3.05) is 7.11 Å². The minimum Gasteiger partial charge on any atom is -0.469 e. The second-order valence-electron chi connectivity index (χ2n) is 9.35. The van der Waals surface area contributed by atoms with Crippen molar-refractivity contribution >= 4 is 11.9 Å². The Balaban J connectivity index is 1.75. The van der Waals surface area contributed by atoms with Crippen LogP contribution >= 0.6 is 0 Å². The average Bonchev–Trinajstić information content (AvgIpc) is 2.95. The smallest absolute Gasteiger partial charge is 0.316 e. The third-order valence-electron chi connectivity index (χ3n) is 8.53. The molecule has 0 N–H and O–H groups in total. The topological polar surface area (TPSA) is 52.6 Å². The van der Waals surface area contributed by atoms with E-state index in [0.717, 1.165) is 0 Å². The second kappa shape index (κ2) is 4.29. The normalized spacial score (nSPS) is 57.8. The van der Waals surface area contributed by atoms with Crippen LogP contribution in [0, 0.1) is 34.5 Å². The van der Waals surface area contributed by atoms with Crippen molar-refractivity contribution in [1.29, 1.82) is 0 Å². The van der Waals surface area contributed by atoms with Gasteiger partial charge in [-0.3, -0.25) is 9.59 Å². The van der Waals surface area contributed by atoms with Gasteiger partial charge in [-0.15, -0.1) is 0 Å². The Morgan fingerprint density at radius 3 is 2.92 bits per heavy atom. The molecule has 4 bridgehead atoms. The van der Waals surface area contributed by atoms with Crippen LogP contribution in [-0.4, -0.2) is 30.3 Å². The van der Waals surface area contributed by atoms with E-state index < -0.39 is 28.0 Å². The number of hydrogen-bond donors (Lipinski definition) is 0. The molecule has 2 unspecified atom stereocenters. The lowest BCUT2D eigenvalue weighted by molar-refractivity contribution is -0.161. The molecule has 1 spiro atoms. The number of hydrogen-bond acceptors (Lipinski definition) is 4. The summed E-state index contributed by atoms with van der Waals surface area (Å²) in [5.41, 5.74) is -3.12. The summed E-state index contributed by atoms with van der Waals surface area (Å²) in [6.07, 6.45) is 6.84. The third-order valence-corrected chi connectivity index (χ3v) is 8.53. The summed E-state index contributed by atoms with van der Waals surface area (Å²) < 4.78 is 26.8. The molecule has 0 aromatic rings. The van der Waals surface area contributed by atoms with Gasteiger partial charge in [-0.2, -0.15) is 0 Å². The van der Waals surface area contributed by atoms with Crippen molar-refractivity contribution in [3.63, 3.8) is 0 Å². The molecule has 1 aliphatic heterocycles. The molecule has 5 aliphatic rings. The minimum absolute atomic E-state index is 0.0404. The van der Waals surface area contributed by atoms with E-state index in [4.69, 9.17) is 9.47 Å². The van der Waals surface area contributed by atoms with E-state index in [1.54, 1.807) is 0 Å². The van der Waals surface area contributed by atoms with Crippen molar-refractivity contribution in [3.05, 3.63) is 12.2 Å². The highest BCUT2D eigenvalue weighted by Gasteiger charge is 2.82. The van der Waals surface area contributed by atoms with Crippen LogP contribution < -0.4 is 0 Å². The zero-order valence-corrected chi connectivity index (χ0v) is 15.0. The predicted molar refractivity (Wildman–Crippen MR) is 87.1 cm³/mol. The summed E-state index contributed by atoms with van der Waals surface area (Å²) >= 11 is 0. The standard InChI is InChI=1S/C20H25FO4/c1-11-9-18-10-19(11,21)8-5-12(18)20-7-4-6-17(2,16(23)25-20)14(20)13(18)15(22)24-3/h4,6,11-14H,5,7-10H2,1-3H3/t11-,12?,13+,14?,17+,18-,19-,20+/m0/s1. The maximum atomic E-state index is 15.5. The van der Waals surface area contributed by atoms with Crippen LogP contribution in [-0.2, 0) is 19.1 Å². The predicted octanol–water partition coefficient (Wildman–Crippen LogP) is 3.20. The highest BCUT2D eigenvalue weighted by atomic mass is 19.1. The van der Waals surface area contributed by atoms with Crippen LogP contribution in [0.1, 0.15) is 46.0 Å². The Kier molecular flexibility index (Phi) is 2.72. The zero-order chi connectivity index (χ0) is 17.8. The molecular weight excluding hydrogens is 323 g/mol. The van der Waals surface area contributed by atoms with Crippen molar-refractivity contribution < 1.29 is 23.5 Å². The highest BCUT2D eigenvalue weighted by molar-refractivity contribution is 5.87. The van der Waals surface area contributed by atoms with Crippen LogP contribution in [0.3, 0.4) is 0 Å².